The largest absolute Gasteiger partial charge is 0.465 e. The molecule has 0 fully saturated rings. The number of benzene rings is 1. The summed E-state index contributed by atoms with van der Waals surface area (Å²) in [5.41, 5.74) is 6.68. The molecule has 114 valence electrons. The Morgan fingerprint density at radius 1 is 1.29 bits per heavy atom. The molecule has 0 bridgehead atoms. The molecule has 0 aliphatic heterocycles. The summed E-state index contributed by atoms with van der Waals surface area (Å²) in [7, 11) is -3.72. The summed E-state index contributed by atoms with van der Waals surface area (Å²) < 4.78 is 33.1. The van der Waals surface area contributed by atoms with Gasteiger partial charge >= 0.3 is 0 Å². The highest BCUT2D eigenvalue weighted by Crippen LogP contribution is 2.28. The molecule has 0 radical (unpaired) electrons. The fraction of sp³-hybridized carbons (Fsp3) is 0.286. The molecule has 7 heteroatoms. The SMILES string of the molecule is CSc1cccc(NS(=O)(=O)c2c(C)oc(C)c2CN)c1. The zero-order valence-corrected chi connectivity index (χ0v) is 13.8. The zero-order chi connectivity index (χ0) is 15.6. The van der Waals surface area contributed by atoms with Crippen LogP contribution in [-0.2, 0) is 16.6 Å². The second kappa shape index (κ2) is 6.13. The van der Waals surface area contributed by atoms with Crippen LogP contribution < -0.4 is 10.5 Å². The van der Waals surface area contributed by atoms with E-state index in [0.29, 0.717) is 22.8 Å². The predicted octanol–water partition coefficient (Wildman–Crippen LogP) is 2.88. The Morgan fingerprint density at radius 2 is 2.00 bits per heavy atom. The summed E-state index contributed by atoms with van der Waals surface area (Å²) >= 11 is 1.55. The van der Waals surface area contributed by atoms with E-state index in [1.807, 2.05) is 12.3 Å². The van der Waals surface area contributed by atoms with E-state index in [2.05, 4.69) is 4.72 Å². The van der Waals surface area contributed by atoms with Crippen molar-refractivity contribution in [3.63, 3.8) is 0 Å². The van der Waals surface area contributed by atoms with Crippen molar-refractivity contribution in [3.8, 4) is 0 Å². The topological polar surface area (TPSA) is 85.3 Å². The number of rotatable bonds is 5. The van der Waals surface area contributed by atoms with Gasteiger partial charge in [-0.1, -0.05) is 6.07 Å². The van der Waals surface area contributed by atoms with Gasteiger partial charge in [-0.3, -0.25) is 4.72 Å². The van der Waals surface area contributed by atoms with Crippen LogP contribution in [0, 0.1) is 13.8 Å². The molecule has 0 amide bonds. The first-order valence-corrected chi connectivity index (χ1v) is 9.05. The Labute approximate surface area is 129 Å². The maximum absolute atomic E-state index is 12.6. The molecule has 1 aromatic carbocycles. The van der Waals surface area contributed by atoms with Crippen LogP contribution in [-0.4, -0.2) is 14.7 Å². The lowest BCUT2D eigenvalue weighted by molar-refractivity contribution is 0.494. The van der Waals surface area contributed by atoms with Gasteiger partial charge < -0.3 is 10.2 Å². The third kappa shape index (κ3) is 3.25. The Kier molecular flexibility index (Phi) is 4.65. The van der Waals surface area contributed by atoms with Crippen molar-refractivity contribution in [2.45, 2.75) is 30.2 Å². The Balaban J connectivity index is 2.43. The van der Waals surface area contributed by atoms with E-state index in [1.54, 1.807) is 43.8 Å². The second-order valence-electron chi connectivity index (χ2n) is 4.56. The molecule has 1 aromatic heterocycles. The van der Waals surface area contributed by atoms with Crippen LogP contribution in [0.3, 0.4) is 0 Å². The molecule has 1 heterocycles. The van der Waals surface area contributed by atoms with Crippen molar-refractivity contribution in [3.05, 3.63) is 41.3 Å². The highest BCUT2D eigenvalue weighted by molar-refractivity contribution is 7.98. The maximum Gasteiger partial charge on any atom is 0.265 e. The van der Waals surface area contributed by atoms with Gasteiger partial charge in [0.2, 0.25) is 0 Å². The molecule has 3 N–H and O–H groups in total. The van der Waals surface area contributed by atoms with Crippen molar-refractivity contribution in [2.75, 3.05) is 11.0 Å². The van der Waals surface area contributed by atoms with E-state index < -0.39 is 10.0 Å². The first-order chi connectivity index (χ1) is 9.89. The third-order valence-electron chi connectivity index (χ3n) is 3.12. The number of hydrogen-bond acceptors (Lipinski definition) is 5. The molecular formula is C14H18N2O3S2. The normalized spacial score (nSPS) is 11.6. The smallest absolute Gasteiger partial charge is 0.265 e. The van der Waals surface area contributed by atoms with E-state index in [4.69, 9.17) is 10.2 Å². The van der Waals surface area contributed by atoms with E-state index in [0.717, 1.165) is 4.90 Å². The number of hydrogen-bond donors (Lipinski definition) is 2. The Morgan fingerprint density at radius 3 is 2.62 bits per heavy atom. The van der Waals surface area contributed by atoms with Gasteiger partial charge in [0.05, 0.1) is 0 Å². The van der Waals surface area contributed by atoms with Gasteiger partial charge in [-0.05, 0) is 38.3 Å². The summed E-state index contributed by atoms with van der Waals surface area (Å²) in [4.78, 5) is 1.12. The summed E-state index contributed by atoms with van der Waals surface area (Å²) in [5, 5.41) is 0. The van der Waals surface area contributed by atoms with Crippen LogP contribution in [0.1, 0.15) is 17.1 Å². The summed E-state index contributed by atoms with van der Waals surface area (Å²) in [5.74, 6) is 0.884. The lowest BCUT2D eigenvalue weighted by Crippen LogP contribution is -2.16. The van der Waals surface area contributed by atoms with Crippen molar-refractivity contribution in [1.82, 2.24) is 0 Å². The molecular weight excluding hydrogens is 308 g/mol. The van der Waals surface area contributed by atoms with Gasteiger partial charge in [0.25, 0.3) is 10.0 Å². The van der Waals surface area contributed by atoms with Gasteiger partial charge in [-0.15, -0.1) is 11.8 Å². The van der Waals surface area contributed by atoms with Crippen LogP contribution >= 0.6 is 11.8 Å². The Bertz CT molecular complexity index is 752. The molecule has 0 unspecified atom stereocenters. The molecule has 0 atom stereocenters. The van der Waals surface area contributed by atoms with Crippen LogP contribution in [0.4, 0.5) is 5.69 Å². The lowest BCUT2D eigenvalue weighted by atomic mass is 10.2. The van der Waals surface area contributed by atoms with Crippen LogP contribution in [0.5, 0.6) is 0 Å². The minimum atomic E-state index is -3.72. The highest BCUT2D eigenvalue weighted by Gasteiger charge is 2.26. The molecule has 2 aromatic rings. The fourth-order valence-electron chi connectivity index (χ4n) is 2.19. The maximum atomic E-state index is 12.6. The molecule has 0 aliphatic carbocycles. The average Bonchev–Trinajstić information content (AvgIpc) is 2.73. The van der Waals surface area contributed by atoms with E-state index >= 15 is 0 Å². The van der Waals surface area contributed by atoms with E-state index in [9.17, 15) is 8.42 Å². The van der Waals surface area contributed by atoms with Gasteiger partial charge in [0.15, 0.2) is 0 Å². The average molecular weight is 326 g/mol. The quantitative estimate of drug-likeness (QED) is 0.825. The van der Waals surface area contributed by atoms with Gasteiger partial charge in [0.1, 0.15) is 16.4 Å². The first-order valence-electron chi connectivity index (χ1n) is 6.35. The number of furan rings is 1. The van der Waals surface area contributed by atoms with Crippen molar-refractivity contribution >= 4 is 27.5 Å². The van der Waals surface area contributed by atoms with Gasteiger partial charge in [0, 0.05) is 22.7 Å². The molecule has 2 rings (SSSR count). The molecule has 0 saturated carbocycles. The highest BCUT2D eigenvalue weighted by atomic mass is 32.2. The van der Waals surface area contributed by atoms with E-state index in [1.165, 1.54) is 0 Å². The van der Waals surface area contributed by atoms with Crippen molar-refractivity contribution in [1.29, 1.82) is 0 Å². The molecule has 0 saturated heterocycles. The predicted molar refractivity (Wildman–Crippen MR) is 85.1 cm³/mol. The first kappa shape index (κ1) is 15.9. The van der Waals surface area contributed by atoms with Gasteiger partial charge in [-0.25, -0.2) is 8.42 Å². The fourth-order valence-corrected chi connectivity index (χ4v) is 4.16. The summed E-state index contributed by atoms with van der Waals surface area (Å²) in [6.45, 7) is 3.45. The number of nitrogens with two attached hydrogens (primary N) is 1. The molecule has 0 aliphatic rings. The van der Waals surface area contributed by atoms with Crippen LogP contribution in [0.25, 0.3) is 0 Å². The minimum Gasteiger partial charge on any atom is -0.465 e. The summed E-state index contributed by atoms with van der Waals surface area (Å²) in [6.07, 6.45) is 1.93. The minimum absolute atomic E-state index is 0.115. The molecule has 0 spiro atoms. The Hall–Kier alpha value is -1.44. The number of nitrogens with one attached hydrogen (secondary N) is 1. The molecule has 5 nitrogen and oxygen atoms in total. The number of thioether (sulfide) groups is 1. The van der Waals surface area contributed by atoms with Crippen LogP contribution in [0.15, 0.2) is 38.5 Å². The number of aryl methyl sites for hydroxylation is 2. The lowest BCUT2D eigenvalue weighted by Gasteiger charge is -2.09. The van der Waals surface area contributed by atoms with Crippen molar-refractivity contribution in [2.24, 2.45) is 5.73 Å². The second-order valence-corrected chi connectivity index (χ2v) is 7.06. The summed E-state index contributed by atoms with van der Waals surface area (Å²) in [6, 6.07) is 7.22. The number of sulfonamides is 1. The van der Waals surface area contributed by atoms with Gasteiger partial charge in [-0.2, -0.15) is 0 Å². The zero-order valence-electron chi connectivity index (χ0n) is 12.1. The van der Waals surface area contributed by atoms with Crippen LogP contribution in [0.2, 0.25) is 0 Å². The molecule has 21 heavy (non-hydrogen) atoms. The van der Waals surface area contributed by atoms with E-state index in [-0.39, 0.29) is 11.4 Å². The monoisotopic (exact) mass is 326 g/mol. The van der Waals surface area contributed by atoms with Crippen molar-refractivity contribution < 1.29 is 12.8 Å². The number of anilines is 1. The third-order valence-corrected chi connectivity index (χ3v) is 5.42. The standard InChI is InChI=1S/C14H18N2O3S2/c1-9-13(8-15)14(10(2)19-9)21(17,18)16-11-5-4-6-12(7-11)20-3/h4-7,16H,8,15H2,1-3H3.